The molecule has 0 saturated carbocycles. The third-order valence-corrected chi connectivity index (χ3v) is 6.16. The molecule has 2 fully saturated rings. The van der Waals surface area contributed by atoms with Crippen LogP contribution in [0.4, 0.5) is 0 Å². The molecule has 10 heteroatoms. The van der Waals surface area contributed by atoms with Crippen LogP contribution in [0.15, 0.2) is 4.99 Å². The molecule has 0 aromatic rings. The number of nitrogens with zero attached hydrogens (tertiary/aromatic N) is 3. The minimum Gasteiger partial charge on any atom is -0.379 e. The molecule has 2 rings (SSSR count). The molecule has 0 spiro atoms. The Kier molecular flexibility index (Phi) is 11.2. The van der Waals surface area contributed by atoms with Crippen molar-refractivity contribution in [1.29, 1.82) is 0 Å². The van der Waals surface area contributed by atoms with E-state index in [1.54, 1.807) is 4.31 Å². The molecule has 0 aliphatic carbocycles. The first-order chi connectivity index (χ1) is 11.6. The van der Waals surface area contributed by atoms with Gasteiger partial charge in [-0.1, -0.05) is 0 Å². The quantitative estimate of drug-likeness (QED) is 0.215. The lowest BCUT2D eigenvalue weighted by molar-refractivity contribution is 0.0377. The van der Waals surface area contributed by atoms with Gasteiger partial charge in [-0.05, 0) is 19.8 Å². The number of hydrogen-bond donors (Lipinski definition) is 2. The Balaban J connectivity index is 0.00000312. The zero-order valence-electron chi connectivity index (χ0n) is 15.1. The number of morpholine rings is 1. The minimum atomic E-state index is -3.01. The van der Waals surface area contributed by atoms with E-state index in [1.807, 2.05) is 6.92 Å². The molecule has 2 saturated heterocycles. The van der Waals surface area contributed by atoms with Crippen molar-refractivity contribution < 1.29 is 13.2 Å². The number of ether oxygens (including phenoxy) is 1. The highest BCUT2D eigenvalue weighted by atomic mass is 127. The van der Waals surface area contributed by atoms with Crippen LogP contribution in [0, 0.1) is 0 Å². The van der Waals surface area contributed by atoms with E-state index in [2.05, 4.69) is 20.5 Å². The monoisotopic (exact) mass is 489 g/mol. The molecule has 0 radical (unpaired) electrons. The highest BCUT2D eigenvalue weighted by molar-refractivity contribution is 14.0. The fourth-order valence-electron chi connectivity index (χ4n) is 2.89. The van der Waals surface area contributed by atoms with Crippen LogP contribution >= 0.6 is 24.0 Å². The highest BCUT2D eigenvalue weighted by Gasteiger charge is 2.27. The Morgan fingerprint density at radius 2 is 1.92 bits per heavy atom. The lowest BCUT2D eigenvalue weighted by Gasteiger charge is -2.26. The van der Waals surface area contributed by atoms with Crippen molar-refractivity contribution in [2.45, 2.75) is 19.8 Å². The first kappa shape index (κ1) is 22.9. The van der Waals surface area contributed by atoms with Gasteiger partial charge in [0.15, 0.2) is 5.96 Å². The van der Waals surface area contributed by atoms with Crippen molar-refractivity contribution in [2.24, 2.45) is 4.99 Å². The zero-order chi connectivity index (χ0) is 17.3. The molecule has 2 aliphatic rings. The summed E-state index contributed by atoms with van der Waals surface area (Å²) >= 11 is 0. The average molecular weight is 489 g/mol. The lowest BCUT2D eigenvalue weighted by atomic mass is 10.3. The summed E-state index contributed by atoms with van der Waals surface area (Å²) < 4.78 is 30.4. The van der Waals surface area contributed by atoms with Gasteiger partial charge in [0.05, 0.1) is 19.0 Å². The summed E-state index contributed by atoms with van der Waals surface area (Å²) in [5.41, 5.74) is 0. The van der Waals surface area contributed by atoms with Crippen LogP contribution in [-0.2, 0) is 14.8 Å². The number of hydrogen-bond acceptors (Lipinski definition) is 5. The maximum atomic E-state index is 11.8. The standard InChI is InChI=1S/C15H31N5O3S.HI/c1-2-16-15(17-5-3-7-19-10-12-23-13-11-19)18-6-9-20-8-4-14-24(20,21)22;/h2-14H2,1H3,(H2,16,17,18);1H. The van der Waals surface area contributed by atoms with E-state index in [0.29, 0.717) is 19.6 Å². The predicted molar refractivity (Wildman–Crippen MR) is 111 cm³/mol. The van der Waals surface area contributed by atoms with Gasteiger partial charge in [-0.2, -0.15) is 0 Å². The highest BCUT2D eigenvalue weighted by Crippen LogP contribution is 2.11. The van der Waals surface area contributed by atoms with Crippen LogP contribution in [0.1, 0.15) is 19.8 Å². The smallest absolute Gasteiger partial charge is 0.214 e. The Bertz CT molecular complexity index is 497. The van der Waals surface area contributed by atoms with Gasteiger partial charge in [0.25, 0.3) is 0 Å². The number of nitrogens with one attached hydrogen (secondary N) is 2. The van der Waals surface area contributed by atoms with E-state index < -0.39 is 10.0 Å². The van der Waals surface area contributed by atoms with E-state index >= 15 is 0 Å². The van der Waals surface area contributed by atoms with Gasteiger partial charge in [0.1, 0.15) is 0 Å². The first-order valence-corrected chi connectivity index (χ1v) is 10.5. The van der Waals surface area contributed by atoms with Crippen LogP contribution < -0.4 is 10.6 Å². The number of halogens is 1. The van der Waals surface area contributed by atoms with Crippen LogP contribution in [0.25, 0.3) is 0 Å². The lowest BCUT2D eigenvalue weighted by Crippen LogP contribution is -2.42. The topological polar surface area (TPSA) is 86.3 Å². The molecule has 2 aliphatic heterocycles. The Hall–Kier alpha value is -0.170. The molecule has 0 bridgehead atoms. The fraction of sp³-hybridized carbons (Fsp3) is 0.933. The third kappa shape index (κ3) is 8.37. The van der Waals surface area contributed by atoms with Crippen molar-refractivity contribution in [3.05, 3.63) is 0 Å². The Labute approximate surface area is 168 Å². The summed E-state index contributed by atoms with van der Waals surface area (Å²) in [6, 6.07) is 0. The van der Waals surface area contributed by atoms with E-state index in [9.17, 15) is 8.42 Å². The maximum Gasteiger partial charge on any atom is 0.214 e. The maximum absolute atomic E-state index is 11.8. The summed E-state index contributed by atoms with van der Waals surface area (Å²) in [7, 11) is -3.01. The largest absolute Gasteiger partial charge is 0.379 e. The van der Waals surface area contributed by atoms with Crippen LogP contribution in [0.3, 0.4) is 0 Å². The van der Waals surface area contributed by atoms with E-state index in [0.717, 1.165) is 64.7 Å². The summed E-state index contributed by atoms with van der Waals surface area (Å²) in [6.07, 6.45) is 1.75. The SMILES string of the molecule is CCNC(=NCCCN1CCOCC1)NCCN1CCCS1(=O)=O.I. The first-order valence-electron chi connectivity index (χ1n) is 8.92. The van der Waals surface area contributed by atoms with E-state index in [1.165, 1.54) is 0 Å². The molecule has 0 unspecified atom stereocenters. The molecular weight excluding hydrogens is 457 g/mol. The van der Waals surface area contributed by atoms with Gasteiger partial charge < -0.3 is 15.4 Å². The second-order valence-corrected chi connectivity index (χ2v) is 8.15. The second kappa shape index (κ2) is 12.3. The average Bonchev–Trinajstić information content (AvgIpc) is 2.91. The number of aliphatic imine (C=N–C) groups is 1. The molecule has 25 heavy (non-hydrogen) atoms. The number of sulfonamides is 1. The van der Waals surface area contributed by atoms with Crippen molar-refractivity contribution in [3.63, 3.8) is 0 Å². The van der Waals surface area contributed by atoms with Crippen LogP contribution in [0.2, 0.25) is 0 Å². The van der Waals surface area contributed by atoms with Crippen molar-refractivity contribution >= 4 is 40.0 Å². The van der Waals surface area contributed by atoms with Gasteiger partial charge in [0, 0.05) is 52.4 Å². The van der Waals surface area contributed by atoms with Crippen molar-refractivity contribution in [2.75, 3.05) is 71.3 Å². The normalized spacial score (nSPS) is 21.7. The molecule has 8 nitrogen and oxygen atoms in total. The molecule has 0 atom stereocenters. The summed E-state index contributed by atoms with van der Waals surface area (Å²) in [5, 5.41) is 6.43. The molecule has 2 heterocycles. The molecule has 148 valence electrons. The summed E-state index contributed by atoms with van der Waals surface area (Å²) in [4.78, 5) is 6.97. The Morgan fingerprint density at radius 3 is 2.56 bits per heavy atom. The third-order valence-electron chi connectivity index (χ3n) is 4.21. The van der Waals surface area contributed by atoms with Gasteiger partial charge in [0.2, 0.25) is 10.0 Å². The van der Waals surface area contributed by atoms with Gasteiger partial charge in [-0.25, -0.2) is 12.7 Å². The Morgan fingerprint density at radius 1 is 1.16 bits per heavy atom. The molecule has 2 N–H and O–H groups in total. The van der Waals surface area contributed by atoms with E-state index in [-0.39, 0.29) is 29.7 Å². The second-order valence-electron chi connectivity index (χ2n) is 6.06. The van der Waals surface area contributed by atoms with Crippen molar-refractivity contribution in [1.82, 2.24) is 19.8 Å². The van der Waals surface area contributed by atoms with Gasteiger partial charge in [-0.15, -0.1) is 24.0 Å². The van der Waals surface area contributed by atoms with Gasteiger partial charge in [-0.3, -0.25) is 9.89 Å². The van der Waals surface area contributed by atoms with Crippen LogP contribution in [-0.4, -0.2) is 94.9 Å². The number of rotatable bonds is 8. The van der Waals surface area contributed by atoms with Gasteiger partial charge >= 0.3 is 0 Å². The zero-order valence-corrected chi connectivity index (χ0v) is 18.2. The molecular formula is C15H32IN5O3S. The number of guanidine groups is 1. The summed E-state index contributed by atoms with van der Waals surface area (Å²) in [5.74, 6) is 1.04. The van der Waals surface area contributed by atoms with E-state index in [4.69, 9.17) is 4.74 Å². The fourth-order valence-corrected chi connectivity index (χ4v) is 4.42. The summed E-state index contributed by atoms with van der Waals surface area (Å²) in [6.45, 7) is 9.99. The molecule has 0 aromatic heterocycles. The molecule has 0 amide bonds. The van der Waals surface area contributed by atoms with Crippen molar-refractivity contribution in [3.8, 4) is 0 Å². The predicted octanol–water partition coefficient (Wildman–Crippen LogP) is -0.0827. The molecule has 0 aromatic carbocycles. The minimum absolute atomic E-state index is 0. The van der Waals surface area contributed by atoms with Crippen LogP contribution in [0.5, 0.6) is 0 Å².